The Labute approximate surface area is 143 Å². The van der Waals surface area contributed by atoms with Crippen molar-refractivity contribution in [1.29, 1.82) is 0 Å². The number of nitrogens with zero attached hydrogens (tertiary/aromatic N) is 2. The average molecular weight is 324 g/mol. The van der Waals surface area contributed by atoms with Crippen LogP contribution in [0.3, 0.4) is 0 Å². The van der Waals surface area contributed by atoms with E-state index in [0.717, 1.165) is 38.1 Å². The van der Waals surface area contributed by atoms with Crippen LogP contribution in [0.5, 0.6) is 0 Å². The fourth-order valence-electron chi connectivity index (χ4n) is 3.87. The van der Waals surface area contributed by atoms with Crippen LogP contribution in [0.1, 0.15) is 24.0 Å². The normalized spacial score (nSPS) is 27.1. The highest BCUT2D eigenvalue weighted by molar-refractivity contribution is 5.15. The van der Waals surface area contributed by atoms with Gasteiger partial charge < -0.3 is 9.47 Å². The molecule has 4 rings (SSSR count). The number of ether oxygens (including phenoxy) is 2. The van der Waals surface area contributed by atoms with E-state index in [1.165, 1.54) is 5.56 Å². The Morgan fingerprint density at radius 1 is 1.08 bits per heavy atom. The van der Waals surface area contributed by atoms with Gasteiger partial charge in [0.1, 0.15) is 0 Å². The van der Waals surface area contributed by atoms with Gasteiger partial charge in [0.05, 0.1) is 25.4 Å². The van der Waals surface area contributed by atoms with Crippen molar-refractivity contribution >= 4 is 0 Å². The van der Waals surface area contributed by atoms with Crippen LogP contribution in [0.15, 0.2) is 54.9 Å². The van der Waals surface area contributed by atoms with Gasteiger partial charge in [0.25, 0.3) is 0 Å². The molecule has 2 fully saturated rings. The van der Waals surface area contributed by atoms with Gasteiger partial charge in [0, 0.05) is 31.5 Å². The first kappa shape index (κ1) is 15.8. The van der Waals surface area contributed by atoms with E-state index >= 15 is 0 Å². The third-order valence-electron chi connectivity index (χ3n) is 5.07. The van der Waals surface area contributed by atoms with Crippen LogP contribution in [-0.2, 0) is 22.6 Å². The third kappa shape index (κ3) is 3.51. The molecule has 2 heterocycles. The predicted molar refractivity (Wildman–Crippen MR) is 92.4 cm³/mol. The number of morpholine rings is 1. The molecule has 0 radical (unpaired) electrons. The van der Waals surface area contributed by atoms with Gasteiger partial charge in [-0.2, -0.15) is 0 Å². The third-order valence-corrected chi connectivity index (χ3v) is 5.07. The summed E-state index contributed by atoms with van der Waals surface area (Å²) in [4.78, 5) is 6.72. The molecule has 0 spiro atoms. The maximum atomic E-state index is 6.17. The van der Waals surface area contributed by atoms with E-state index in [0.29, 0.717) is 12.6 Å². The average Bonchev–Trinajstić information content (AvgIpc) is 3.06. The van der Waals surface area contributed by atoms with Gasteiger partial charge in [0.2, 0.25) is 0 Å². The quantitative estimate of drug-likeness (QED) is 0.847. The number of hydrogen-bond acceptors (Lipinski definition) is 4. The molecule has 1 aromatic carbocycles. The summed E-state index contributed by atoms with van der Waals surface area (Å²) in [5.41, 5.74) is 2.50. The smallest absolute Gasteiger partial charge is 0.0992 e. The minimum Gasteiger partial charge on any atom is -0.373 e. The van der Waals surface area contributed by atoms with E-state index in [4.69, 9.17) is 9.47 Å². The van der Waals surface area contributed by atoms with Crippen molar-refractivity contribution in [3.05, 3.63) is 66.0 Å². The summed E-state index contributed by atoms with van der Waals surface area (Å²) in [5, 5.41) is 0. The molecule has 1 aromatic heterocycles. The lowest BCUT2D eigenvalue weighted by Gasteiger charge is -2.39. The molecule has 1 aliphatic heterocycles. The van der Waals surface area contributed by atoms with Gasteiger partial charge >= 0.3 is 0 Å². The standard InChI is InChI=1S/C20H24N2O2/c1-2-5-16(6-3-1)14-22-11-12-23-20-18(22)8-9-19(20)24-15-17-7-4-10-21-13-17/h1-7,10,13,18-20H,8-9,11-12,14-15H2/t18-,19-,20-/m1/s1. The SMILES string of the molecule is c1ccc(CN2CCO[C@@H]3[C@H]2CC[C@H]3OCc2cccnc2)cc1. The zero-order valence-corrected chi connectivity index (χ0v) is 13.9. The molecular weight excluding hydrogens is 300 g/mol. The van der Waals surface area contributed by atoms with Crippen molar-refractivity contribution in [3.63, 3.8) is 0 Å². The predicted octanol–water partition coefficient (Wildman–Crippen LogP) is 3.03. The first-order valence-corrected chi connectivity index (χ1v) is 8.80. The van der Waals surface area contributed by atoms with Crippen molar-refractivity contribution in [2.45, 2.75) is 44.2 Å². The monoisotopic (exact) mass is 324 g/mol. The highest BCUT2D eigenvalue weighted by Crippen LogP contribution is 2.33. The second-order valence-corrected chi connectivity index (χ2v) is 6.65. The van der Waals surface area contributed by atoms with Crippen LogP contribution in [0, 0.1) is 0 Å². The van der Waals surface area contributed by atoms with Crippen molar-refractivity contribution in [2.24, 2.45) is 0 Å². The Hall–Kier alpha value is -1.75. The summed E-state index contributed by atoms with van der Waals surface area (Å²) in [6.45, 7) is 3.41. The molecule has 2 aromatic rings. The summed E-state index contributed by atoms with van der Waals surface area (Å²) in [6.07, 6.45) is 6.26. The lowest BCUT2D eigenvalue weighted by Crippen LogP contribution is -2.51. The Morgan fingerprint density at radius 2 is 1.96 bits per heavy atom. The van der Waals surface area contributed by atoms with Gasteiger partial charge in [-0.05, 0) is 30.0 Å². The number of hydrogen-bond donors (Lipinski definition) is 0. The Balaban J connectivity index is 1.37. The summed E-state index contributed by atoms with van der Waals surface area (Å²) in [5.74, 6) is 0. The fraction of sp³-hybridized carbons (Fsp3) is 0.450. The minimum absolute atomic E-state index is 0.189. The van der Waals surface area contributed by atoms with Crippen LogP contribution in [0.25, 0.3) is 0 Å². The zero-order chi connectivity index (χ0) is 16.2. The van der Waals surface area contributed by atoms with Crippen LogP contribution >= 0.6 is 0 Å². The van der Waals surface area contributed by atoms with E-state index in [-0.39, 0.29) is 12.2 Å². The molecule has 1 saturated heterocycles. The van der Waals surface area contributed by atoms with Gasteiger partial charge in [-0.15, -0.1) is 0 Å². The van der Waals surface area contributed by atoms with Gasteiger partial charge in [-0.3, -0.25) is 9.88 Å². The fourth-order valence-corrected chi connectivity index (χ4v) is 3.87. The molecule has 0 amide bonds. The Kier molecular flexibility index (Phi) is 4.88. The van der Waals surface area contributed by atoms with E-state index < -0.39 is 0 Å². The molecule has 1 aliphatic carbocycles. The molecule has 0 N–H and O–H groups in total. The number of benzene rings is 1. The zero-order valence-electron chi connectivity index (χ0n) is 13.9. The molecule has 126 valence electrons. The van der Waals surface area contributed by atoms with Crippen LogP contribution in [0.4, 0.5) is 0 Å². The number of aromatic nitrogens is 1. The number of fused-ring (bicyclic) bond motifs is 1. The molecule has 4 heteroatoms. The highest BCUT2D eigenvalue weighted by atomic mass is 16.5. The van der Waals surface area contributed by atoms with Crippen LogP contribution in [0.2, 0.25) is 0 Å². The molecular formula is C20H24N2O2. The summed E-state index contributed by atoms with van der Waals surface area (Å²) in [7, 11) is 0. The van der Waals surface area contributed by atoms with Gasteiger partial charge in [0.15, 0.2) is 0 Å². The Morgan fingerprint density at radius 3 is 2.79 bits per heavy atom. The lowest BCUT2D eigenvalue weighted by molar-refractivity contribution is -0.118. The Bertz CT molecular complexity index is 635. The molecule has 2 aliphatic rings. The summed E-state index contributed by atoms with van der Waals surface area (Å²) >= 11 is 0. The molecule has 0 unspecified atom stereocenters. The topological polar surface area (TPSA) is 34.6 Å². The van der Waals surface area contributed by atoms with Crippen LogP contribution < -0.4 is 0 Å². The minimum atomic E-state index is 0.189. The molecule has 3 atom stereocenters. The van der Waals surface area contributed by atoms with E-state index in [9.17, 15) is 0 Å². The molecule has 24 heavy (non-hydrogen) atoms. The molecule has 4 nitrogen and oxygen atoms in total. The second kappa shape index (κ2) is 7.43. The van der Waals surface area contributed by atoms with E-state index in [1.807, 2.05) is 12.3 Å². The molecule has 1 saturated carbocycles. The number of rotatable bonds is 5. The largest absolute Gasteiger partial charge is 0.373 e. The highest BCUT2D eigenvalue weighted by Gasteiger charge is 2.43. The first-order valence-electron chi connectivity index (χ1n) is 8.80. The van der Waals surface area contributed by atoms with Crippen LogP contribution in [-0.4, -0.2) is 41.3 Å². The van der Waals surface area contributed by atoms with Gasteiger partial charge in [-0.25, -0.2) is 0 Å². The van der Waals surface area contributed by atoms with Crippen molar-refractivity contribution in [1.82, 2.24) is 9.88 Å². The summed E-state index contributed by atoms with van der Waals surface area (Å²) in [6, 6.07) is 15.2. The first-order chi connectivity index (χ1) is 11.9. The van der Waals surface area contributed by atoms with Crippen molar-refractivity contribution in [3.8, 4) is 0 Å². The second-order valence-electron chi connectivity index (χ2n) is 6.65. The maximum Gasteiger partial charge on any atom is 0.0992 e. The molecule has 0 bridgehead atoms. The maximum absolute atomic E-state index is 6.17. The van der Waals surface area contributed by atoms with Crippen molar-refractivity contribution in [2.75, 3.05) is 13.2 Å². The van der Waals surface area contributed by atoms with Gasteiger partial charge in [-0.1, -0.05) is 36.4 Å². The van der Waals surface area contributed by atoms with Crippen molar-refractivity contribution < 1.29 is 9.47 Å². The van der Waals surface area contributed by atoms with E-state index in [2.05, 4.69) is 46.3 Å². The summed E-state index contributed by atoms with van der Waals surface area (Å²) < 4.78 is 12.3. The lowest BCUT2D eigenvalue weighted by atomic mass is 10.1. The van der Waals surface area contributed by atoms with E-state index in [1.54, 1.807) is 6.20 Å². The number of pyridine rings is 1.